The maximum absolute atomic E-state index is 12.6. The molecule has 1 fully saturated rings. The number of amides is 1. The summed E-state index contributed by atoms with van der Waals surface area (Å²) in [6.45, 7) is 4.79. The van der Waals surface area contributed by atoms with Gasteiger partial charge < -0.3 is 10.0 Å². The second kappa shape index (κ2) is 6.43. The van der Waals surface area contributed by atoms with Crippen molar-refractivity contribution in [1.29, 1.82) is 0 Å². The van der Waals surface area contributed by atoms with Gasteiger partial charge in [0.25, 0.3) is 5.91 Å². The van der Waals surface area contributed by atoms with E-state index < -0.39 is 0 Å². The minimum absolute atomic E-state index is 0.0388. The maximum atomic E-state index is 12.6. The van der Waals surface area contributed by atoms with Gasteiger partial charge in [-0.2, -0.15) is 0 Å². The van der Waals surface area contributed by atoms with Crippen LogP contribution in [0.2, 0.25) is 0 Å². The molecule has 1 saturated carbocycles. The van der Waals surface area contributed by atoms with Gasteiger partial charge in [0.15, 0.2) is 0 Å². The number of aromatic nitrogens is 2. The van der Waals surface area contributed by atoms with Crippen molar-refractivity contribution in [1.82, 2.24) is 14.5 Å². The number of hydrogen-bond acceptors (Lipinski definition) is 5. The first-order chi connectivity index (χ1) is 9.15. The zero-order valence-corrected chi connectivity index (χ0v) is 12.3. The van der Waals surface area contributed by atoms with E-state index in [2.05, 4.69) is 9.59 Å². The highest BCUT2D eigenvalue weighted by atomic mass is 32.1. The Kier molecular flexibility index (Phi) is 4.87. The second-order valence-electron chi connectivity index (χ2n) is 5.30. The first kappa shape index (κ1) is 14.4. The van der Waals surface area contributed by atoms with Crippen LogP contribution in [0.4, 0.5) is 0 Å². The fourth-order valence-electron chi connectivity index (χ4n) is 2.24. The van der Waals surface area contributed by atoms with Crippen LogP contribution < -0.4 is 0 Å². The van der Waals surface area contributed by atoms with Gasteiger partial charge in [-0.05, 0) is 43.1 Å². The summed E-state index contributed by atoms with van der Waals surface area (Å²) in [4.78, 5) is 15.2. The average Bonchev–Trinajstić information content (AvgIpc) is 2.80. The Bertz CT molecular complexity index is 429. The minimum atomic E-state index is 0.0388. The smallest absolute Gasteiger partial charge is 0.267 e. The van der Waals surface area contributed by atoms with Crippen molar-refractivity contribution in [3.63, 3.8) is 0 Å². The number of aliphatic hydroxyl groups is 1. The normalized spacial score (nSPS) is 15.6. The lowest BCUT2D eigenvalue weighted by molar-refractivity contribution is 0.0566. The molecular weight excluding hydrogens is 262 g/mol. The van der Waals surface area contributed by atoms with Gasteiger partial charge in [0.1, 0.15) is 4.88 Å². The Balaban J connectivity index is 2.15. The largest absolute Gasteiger partial charge is 0.396 e. The molecule has 1 aromatic rings. The van der Waals surface area contributed by atoms with Gasteiger partial charge in [-0.1, -0.05) is 18.3 Å². The van der Waals surface area contributed by atoms with E-state index in [-0.39, 0.29) is 18.4 Å². The van der Waals surface area contributed by atoms with Crippen molar-refractivity contribution in [3.05, 3.63) is 10.6 Å². The lowest BCUT2D eigenvalue weighted by Crippen LogP contribution is -2.45. The Labute approximate surface area is 117 Å². The number of carbonyl (C=O) groups is 1. The van der Waals surface area contributed by atoms with Crippen LogP contribution in [0, 0.1) is 0 Å². The Morgan fingerprint density at radius 2 is 2.26 bits per heavy atom. The molecular formula is C13H21N3O2S. The Morgan fingerprint density at radius 1 is 1.53 bits per heavy atom. The van der Waals surface area contributed by atoms with Crippen molar-refractivity contribution in [2.75, 3.05) is 13.2 Å². The zero-order valence-electron chi connectivity index (χ0n) is 11.5. The summed E-state index contributed by atoms with van der Waals surface area (Å²) in [6.07, 6.45) is 3.96. The Morgan fingerprint density at radius 3 is 2.79 bits per heavy atom. The van der Waals surface area contributed by atoms with Crippen molar-refractivity contribution < 1.29 is 9.90 Å². The van der Waals surface area contributed by atoms with Gasteiger partial charge >= 0.3 is 0 Å². The zero-order chi connectivity index (χ0) is 13.8. The van der Waals surface area contributed by atoms with E-state index in [1.807, 2.05) is 18.7 Å². The average molecular weight is 283 g/mol. The molecule has 0 saturated heterocycles. The fourth-order valence-corrected chi connectivity index (χ4v) is 3.02. The van der Waals surface area contributed by atoms with E-state index in [0.717, 1.165) is 18.5 Å². The van der Waals surface area contributed by atoms with Crippen LogP contribution in [-0.4, -0.2) is 44.7 Å². The first-order valence-corrected chi connectivity index (χ1v) is 7.66. The SMILES string of the molecule is CC(C)c1nnsc1C(=O)N(CCCO)C1CCC1. The van der Waals surface area contributed by atoms with Crippen LogP contribution >= 0.6 is 11.5 Å². The number of carbonyl (C=O) groups excluding carboxylic acids is 1. The van der Waals surface area contributed by atoms with Crippen molar-refractivity contribution in [3.8, 4) is 0 Å². The molecule has 5 nitrogen and oxygen atoms in total. The molecule has 106 valence electrons. The highest BCUT2D eigenvalue weighted by molar-refractivity contribution is 7.08. The third-order valence-corrected chi connectivity index (χ3v) is 4.32. The molecule has 0 radical (unpaired) electrons. The maximum Gasteiger partial charge on any atom is 0.267 e. The summed E-state index contributed by atoms with van der Waals surface area (Å²) in [5, 5.41) is 13.1. The van der Waals surface area contributed by atoms with Crippen LogP contribution in [0.1, 0.15) is 60.8 Å². The van der Waals surface area contributed by atoms with Crippen molar-refractivity contribution in [2.24, 2.45) is 0 Å². The van der Waals surface area contributed by atoms with Crippen LogP contribution in [0.5, 0.6) is 0 Å². The first-order valence-electron chi connectivity index (χ1n) is 6.89. The minimum Gasteiger partial charge on any atom is -0.396 e. The summed E-state index contributed by atoms with van der Waals surface area (Å²) in [6, 6.07) is 0.334. The topological polar surface area (TPSA) is 66.3 Å². The molecule has 0 aromatic carbocycles. The van der Waals surface area contributed by atoms with E-state index in [1.54, 1.807) is 0 Å². The fraction of sp³-hybridized carbons (Fsp3) is 0.769. The summed E-state index contributed by atoms with van der Waals surface area (Å²) in [5.74, 6) is 0.246. The van der Waals surface area contributed by atoms with Crippen LogP contribution in [0.3, 0.4) is 0 Å². The van der Waals surface area contributed by atoms with E-state index >= 15 is 0 Å². The van der Waals surface area contributed by atoms with Crippen LogP contribution in [0.15, 0.2) is 0 Å². The van der Waals surface area contributed by atoms with Gasteiger partial charge in [0.05, 0.1) is 5.69 Å². The molecule has 0 bridgehead atoms. The van der Waals surface area contributed by atoms with Crippen molar-refractivity contribution >= 4 is 17.4 Å². The van der Waals surface area contributed by atoms with E-state index in [0.29, 0.717) is 23.9 Å². The van der Waals surface area contributed by atoms with E-state index in [9.17, 15) is 4.79 Å². The van der Waals surface area contributed by atoms with Crippen molar-refractivity contribution in [2.45, 2.75) is 51.5 Å². The number of rotatable bonds is 6. The van der Waals surface area contributed by atoms with E-state index in [4.69, 9.17) is 5.11 Å². The summed E-state index contributed by atoms with van der Waals surface area (Å²) >= 11 is 1.18. The van der Waals surface area contributed by atoms with Gasteiger partial charge in [-0.25, -0.2) is 0 Å². The molecule has 19 heavy (non-hydrogen) atoms. The molecule has 0 aliphatic heterocycles. The molecule has 0 atom stereocenters. The van der Waals surface area contributed by atoms with E-state index in [1.165, 1.54) is 18.0 Å². The lowest BCUT2D eigenvalue weighted by atomic mass is 9.91. The highest BCUT2D eigenvalue weighted by Crippen LogP contribution is 2.29. The third-order valence-electron chi connectivity index (χ3n) is 3.59. The molecule has 1 N–H and O–H groups in total. The molecule has 0 spiro atoms. The molecule has 2 rings (SSSR count). The standard InChI is InChI=1S/C13H21N3O2S/c1-9(2)11-12(19-15-14-11)13(18)16(7-4-8-17)10-5-3-6-10/h9-10,17H,3-8H2,1-2H3. The summed E-state index contributed by atoms with van der Waals surface area (Å²) in [7, 11) is 0. The van der Waals surface area contributed by atoms with Crippen LogP contribution in [-0.2, 0) is 0 Å². The third kappa shape index (κ3) is 3.12. The van der Waals surface area contributed by atoms with Gasteiger partial charge in [-0.3, -0.25) is 4.79 Å². The highest BCUT2D eigenvalue weighted by Gasteiger charge is 2.31. The predicted molar refractivity (Wildman–Crippen MR) is 74.4 cm³/mol. The molecule has 1 amide bonds. The summed E-state index contributed by atoms with van der Waals surface area (Å²) < 4.78 is 3.93. The molecule has 1 aliphatic carbocycles. The van der Waals surface area contributed by atoms with Gasteiger partial charge in [0.2, 0.25) is 0 Å². The Hall–Kier alpha value is -1.01. The number of nitrogens with zero attached hydrogens (tertiary/aromatic N) is 3. The quantitative estimate of drug-likeness (QED) is 0.867. The summed E-state index contributed by atoms with van der Waals surface area (Å²) in [5.41, 5.74) is 0.795. The predicted octanol–water partition coefficient (Wildman–Crippen LogP) is 2.04. The molecule has 1 heterocycles. The number of aliphatic hydroxyl groups excluding tert-OH is 1. The lowest BCUT2D eigenvalue weighted by Gasteiger charge is -2.37. The second-order valence-corrected chi connectivity index (χ2v) is 6.06. The number of hydrogen-bond donors (Lipinski definition) is 1. The molecule has 1 aromatic heterocycles. The van der Waals surface area contributed by atoms with Gasteiger partial charge in [0, 0.05) is 19.2 Å². The molecule has 1 aliphatic rings. The van der Waals surface area contributed by atoms with Gasteiger partial charge in [-0.15, -0.1) is 5.10 Å². The van der Waals surface area contributed by atoms with Crippen LogP contribution in [0.25, 0.3) is 0 Å². The molecule has 6 heteroatoms. The molecule has 0 unspecified atom stereocenters. The monoisotopic (exact) mass is 283 g/mol.